The van der Waals surface area contributed by atoms with Crippen LogP contribution in [0.1, 0.15) is 18.4 Å². The van der Waals surface area contributed by atoms with Crippen LogP contribution in [-0.4, -0.2) is 49.2 Å². The molecule has 0 radical (unpaired) electrons. The first-order valence-electron chi connectivity index (χ1n) is 9.02. The second-order valence-electron chi connectivity index (χ2n) is 6.66. The van der Waals surface area contributed by atoms with Crippen molar-refractivity contribution in [1.29, 1.82) is 5.26 Å². The molecule has 0 atom stereocenters. The fourth-order valence-electron chi connectivity index (χ4n) is 3.57. The van der Waals surface area contributed by atoms with Crippen LogP contribution in [0.25, 0.3) is 0 Å². The number of nitrogens with zero attached hydrogens (tertiary/aromatic N) is 6. The number of rotatable bonds is 3. The minimum Gasteiger partial charge on any atom is -0.368 e. The Bertz CT molecular complexity index is 819. The van der Waals surface area contributed by atoms with Gasteiger partial charge in [-0.3, -0.25) is 0 Å². The number of piperazine rings is 1. The standard InChI is InChI=1S/C19H21FN6/c20-17-13-16(4-3-15(17)14-21)24-9-11-26(12-10-24)19-22-6-5-18(23-19)25-7-1-2-8-25/h3-6,13H,1-2,7-12H2. The Kier molecular flexibility index (Phi) is 4.57. The molecule has 0 aliphatic carbocycles. The van der Waals surface area contributed by atoms with E-state index in [9.17, 15) is 4.39 Å². The van der Waals surface area contributed by atoms with Gasteiger partial charge in [0.25, 0.3) is 0 Å². The molecular formula is C19H21FN6. The van der Waals surface area contributed by atoms with E-state index in [-0.39, 0.29) is 5.56 Å². The largest absolute Gasteiger partial charge is 0.368 e. The third-order valence-corrected chi connectivity index (χ3v) is 5.06. The van der Waals surface area contributed by atoms with Gasteiger partial charge in [-0.1, -0.05) is 0 Å². The topological polar surface area (TPSA) is 59.3 Å². The highest BCUT2D eigenvalue weighted by Gasteiger charge is 2.21. The van der Waals surface area contributed by atoms with Crippen molar-refractivity contribution in [3.63, 3.8) is 0 Å². The molecule has 0 bridgehead atoms. The first-order valence-corrected chi connectivity index (χ1v) is 9.02. The van der Waals surface area contributed by atoms with E-state index in [2.05, 4.69) is 19.7 Å². The van der Waals surface area contributed by atoms with Crippen LogP contribution in [0.2, 0.25) is 0 Å². The minimum absolute atomic E-state index is 0.0829. The quantitative estimate of drug-likeness (QED) is 0.845. The Morgan fingerprint density at radius 2 is 1.65 bits per heavy atom. The van der Waals surface area contributed by atoms with Gasteiger partial charge >= 0.3 is 0 Å². The number of aromatic nitrogens is 2. The maximum Gasteiger partial charge on any atom is 0.227 e. The van der Waals surface area contributed by atoms with Gasteiger partial charge in [-0.2, -0.15) is 10.2 Å². The van der Waals surface area contributed by atoms with Gasteiger partial charge in [0.1, 0.15) is 17.7 Å². The van der Waals surface area contributed by atoms with E-state index in [1.165, 1.54) is 18.9 Å². The summed E-state index contributed by atoms with van der Waals surface area (Å²) >= 11 is 0. The average molecular weight is 352 g/mol. The molecule has 2 aromatic rings. The number of nitriles is 1. The van der Waals surface area contributed by atoms with Crippen molar-refractivity contribution in [3.8, 4) is 6.07 Å². The highest BCUT2D eigenvalue weighted by atomic mass is 19.1. The van der Waals surface area contributed by atoms with E-state index in [1.54, 1.807) is 6.07 Å². The van der Waals surface area contributed by atoms with Crippen molar-refractivity contribution in [2.75, 3.05) is 54.0 Å². The Balaban J connectivity index is 1.43. The smallest absolute Gasteiger partial charge is 0.227 e. The van der Waals surface area contributed by atoms with Gasteiger partial charge in [-0.15, -0.1) is 0 Å². The van der Waals surface area contributed by atoms with E-state index < -0.39 is 5.82 Å². The zero-order valence-electron chi connectivity index (χ0n) is 14.6. The summed E-state index contributed by atoms with van der Waals surface area (Å²) in [5, 5.41) is 8.85. The molecule has 134 valence electrons. The van der Waals surface area contributed by atoms with Crippen LogP contribution in [0.15, 0.2) is 30.5 Å². The summed E-state index contributed by atoms with van der Waals surface area (Å²) in [5.74, 6) is 1.30. The van der Waals surface area contributed by atoms with E-state index in [1.807, 2.05) is 24.4 Å². The molecule has 1 aromatic carbocycles. The summed E-state index contributed by atoms with van der Waals surface area (Å²) in [6, 6.07) is 8.63. The lowest BCUT2D eigenvalue weighted by atomic mass is 10.2. The molecule has 2 aliphatic heterocycles. The van der Waals surface area contributed by atoms with Crippen molar-refractivity contribution in [1.82, 2.24) is 9.97 Å². The van der Waals surface area contributed by atoms with Crippen molar-refractivity contribution in [3.05, 3.63) is 41.8 Å². The van der Waals surface area contributed by atoms with Crippen LogP contribution in [-0.2, 0) is 0 Å². The molecule has 4 rings (SSSR count). The summed E-state index contributed by atoms with van der Waals surface area (Å²) in [6.45, 7) is 5.23. The number of halogens is 1. The van der Waals surface area contributed by atoms with Gasteiger partial charge in [0, 0.05) is 51.2 Å². The second kappa shape index (κ2) is 7.16. The van der Waals surface area contributed by atoms with Crippen LogP contribution in [0.3, 0.4) is 0 Å². The highest BCUT2D eigenvalue weighted by Crippen LogP contribution is 2.23. The normalized spacial score (nSPS) is 17.5. The van der Waals surface area contributed by atoms with Gasteiger partial charge in [0.2, 0.25) is 5.95 Å². The highest BCUT2D eigenvalue weighted by molar-refractivity contribution is 5.52. The predicted molar refractivity (Wildman–Crippen MR) is 99.0 cm³/mol. The molecule has 3 heterocycles. The van der Waals surface area contributed by atoms with Crippen LogP contribution in [0.4, 0.5) is 21.8 Å². The summed E-state index contributed by atoms with van der Waals surface area (Å²) in [6.07, 6.45) is 4.27. The summed E-state index contributed by atoms with van der Waals surface area (Å²) in [5.41, 5.74) is 0.896. The summed E-state index contributed by atoms with van der Waals surface area (Å²) in [4.78, 5) is 15.8. The fourth-order valence-corrected chi connectivity index (χ4v) is 3.57. The molecule has 1 aromatic heterocycles. The molecule has 0 N–H and O–H groups in total. The zero-order chi connectivity index (χ0) is 17.9. The second-order valence-corrected chi connectivity index (χ2v) is 6.66. The molecule has 26 heavy (non-hydrogen) atoms. The summed E-state index contributed by atoms with van der Waals surface area (Å²) < 4.78 is 13.9. The van der Waals surface area contributed by atoms with E-state index >= 15 is 0 Å². The molecule has 2 saturated heterocycles. The molecule has 6 nitrogen and oxygen atoms in total. The van der Waals surface area contributed by atoms with Crippen LogP contribution < -0.4 is 14.7 Å². The van der Waals surface area contributed by atoms with Crippen molar-refractivity contribution < 1.29 is 4.39 Å². The van der Waals surface area contributed by atoms with E-state index in [0.29, 0.717) is 0 Å². The SMILES string of the molecule is N#Cc1ccc(N2CCN(c3nccc(N4CCCC4)n3)CC2)cc1F. The number of hydrogen-bond donors (Lipinski definition) is 0. The van der Waals surface area contributed by atoms with E-state index in [4.69, 9.17) is 10.2 Å². The third-order valence-electron chi connectivity index (χ3n) is 5.06. The lowest BCUT2D eigenvalue weighted by Crippen LogP contribution is -2.47. The first kappa shape index (κ1) is 16.6. The van der Waals surface area contributed by atoms with Crippen LogP contribution in [0.5, 0.6) is 0 Å². The van der Waals surface area contributed by atoms with Crippen LogP contribution >= 0.6 is 0 Å². The molecule has 7 heteroatoms. The number of benzene rings is 1. The van der Waals surface area contributed by atoms with Crippen molar-refractivity contribution >= 4 is 17.5 Å². The molecule has 2 aliphatic rings. The van der Waals surface area contributed by atoms with Gasteiger partial charge in [-0.25, -0.2) is 9.37 Å². The Morgan fingerprint density at radius 3 is 2.35 bits per heavy atom. The Morgan fingerprint density at radius 1 is 0.923 bits per heavy atom. The minimum atomic E-state index is -0.464. The predicted octanol–water partition coefficient (Wildman–Crippen LogP) is 2.41. The molecule has 0 unspecified atom stereocenters. The van der Waals surface area contributed by atoms with Crippen molar-refractivity contribution in [2.24, 2.45) is 0 Å². The van der Waals surface area contributed by atoms with Crippen molar-refractivity contribution in [2.45, 2.75) is 12.8 Å². The Labute approximate surface area is 152 Å². The first-order chi connectivity index (χ1) is 12.7. The lowest BCUT2D eigenvalue weighted by Gasteiger charge is -2.36. The zero-order valence-corrected chi connectivity index (χ0v) is 14.6. The molecular weight excluding hydrogens is 331 g/mol. The lowest BCUT2D eigenvalue weighted by molar-refractivity contribution is 0.614. The number of anilines is 3. The maximum absolute atomic E-state index is 13.9. The third kappa shape index (κ3) is 3.27. The fraction of sp³-hybridized carbons (Fsp3) is 0.421. The molecule has 0 saturated carbocycles. The molecule has 0 spiro atoms. The van der Waals surface area contributed by atoms with Gasteiger partial charge < -0.3 is 14.7 Å². The monoisotopic (exact) mass is 352 g/mol. The van der Waals surface area contributed by atoms with Gasteiger partial charge in [0.15, 0.2) is 0 Å². The molecule has 2 fully saturated rings. The Hall–Kier alpha value is -2.88. The van der Waals surface area contributed by atoms with Gasteiger partial charge in [-0.05, 0) is 37.1 Å². The number of hydrogen-bond acceptors (Lipinski definition) is 6. The summed E-state index contributed by atoms with van der Waals surface area (Å²) in [7, 11) is 0. The van der Waals surface area contributed by atoms with Crippen LogP contribution in [0, 0.1) is 17.1 Å². The maximum atomic E-state index is 13.9. The average Bonchev–Trinajstić information content (AvgIpc) is 3.23. The van der Waals surface area contributed by atoms with E-state index in [0.717, 1.165) is 56.7 Å². The van der Waals surface area contributed by atoms with Gasteiger partial charge in [0.05, 0.1) is 5.56 Å². The molecule has 0 amide bonds.